The number of anilines is 1. The van der Waals surface area contributed by atoms with E-state index in [0.717, 1.165) is 0 Å². The number of nitrogens with zero attached hydrogens (tertiary/aromatic N) is 5. The van der Waals surface area contributed by atoms with Gasteiger partial charge in [-0.15, -0.1) is 5.10 Å². The molecule has 0 saturated carbocycles. The van der Waals surface area contributed by atoms with E-state index in [1.165, 1.54) is 4.68 Å². The molecule has 1 N–H and O–H groups in total. The van der Waals surface area contributed by atoms with Crippen molar-refractivity contribution in [2.75, 3.05) is 11.9 Å². The van der Waals surface area contributed by atoms with Crippen LogP contribution in [0.25, 0.3) is 11.4 Å². The summed E-state index contributed by atoms with van der Waals surface area (Å²) in [7, 11) is 1.68. The monoisotopic (exact) mass is 428 g/mol. The SMILES string of the molecule is C[C@@H](OC(=O)Cc1c(-c2ccc3c(n2)OCC(=O)N3)nnn1C)c1cccnc1Cl. The second-order valence-corrected chi connectivity index (χ2v) is 6.94. The molecular weight excluding hydrogens is 412 g/mol. The summed E-state index contributed by atoms with van der Waals surface area (Å²) in [6.07, 6.45) is 0.925. The molecule has 3 aromatic heterocycles. The summed E-state index contributed by atoms with van der Waals surface area (Å²) in [4.78, 5) is 32.4. The van der Waals surface area contributed by atoms with Gasteiger partial charge in [0, 0.05) is 18.8 Å². The molecule has 0 saturated heterocycles. The number of aryl methyl sites for hydroxylation is 1. The van der Waals surface area contributed by atoms with Crippen molar-refractivity contribution in [1.82, 2.24) is 25.0 Å². The first-order valence-electron chi connectivity index (χ1n) is 9.05. The standard InChI is InChI=1S/C19H17ClN6O4/c1-10(11-4-3-7-21-18(11)20)30-16(28)8-14-17(24-25-26(14)2)12-5-6-13-19(23-12)29-9-15(27)22-13/h3-7,10H,8-9H2,1-2H3,(H,22,27)/t10-/m1/s1. The summed E-state index contributed by atoms with van der Waals surface area (Å²) >= 11 is 6.07. The lowest BCUT2D eigenvalue weighted by molar-refractivity contribution is -0.147. The van der Waals surface area contributed by atoms with Crippen LogP contribution in [-0.4, -0.2) is 43.4 Å². The minimum Gasteiger partial charge on any atom is -0.466 e. The number of aromatic nitrogens is 5. The Balaban J connectivity index is 1.54. The number of hydrogen-bond acceptors (Lipinski definition) is 8. The van der Waals surface area contributed by atoms with Crippen molar-refractivity contribution in [3.05, 3.63) is 46.9 Å². The van der Waals surface area contributed by atoms with Gasteiger partial charge in [-0.25, -0.2) is 9.97 Å². The van der Waals surface area contributed by atoms with Crippen molar-refractivity contribution < 1.29 is 19.1 Å². The molecule has 4 heterocycles. The van der Waals surface area contributed by atoms with Gasteiger partial charge in [0.1, 0.15) is 22.6 Å². The number of hydrogen-bond donors (Lipinski definition) is 1. The Bertz CT molecular complexity index is 1130. The molecule has 30 heavy (non-hydrogen) atoms. The minimum absolute atomic E-state index is 0.0720. The fourth-order valence-electron chi connectivity index (χ4n) is 3.01. The number of carbonyl (C=O) groups excluding carboxylic acids is 2. The molecule has 4 rings (SSSR count). The zero-order chi connectivity index (χ0) is 21.3. The predicted octanol–water partition coefficient (Wildman–Crippen LogP) is 2.10. The minimum atomic E-state index is -0.567. The third kappa shape index (κ3) is 3.94. The highest BCUT2D eigenvalue weighted by atomic mass is 35.5. The lowest BCUT2D eigenvalue weighted by Crippen LogP contribution is -2.26. The van der Waals surface area contributed by atoms with Crippen LogP contribution in [0.5, 0.6) is 5.88 Å². The van der Waals surface area contributed by atoms with Crippen LogP contribution < -0.4 is 10.1 Å². The third-order valence-corrected chi connectivity index (χ3v) is 4.82. The van der Waals surface area contributed by atoms with Crippen molar-refractivity contribution in [1.29, 1.82) is 0 Å². The van der Waals surface area contributed by atoms with Gasteiger partial charge in [0.15, 0.2) is 6.61 Å². The highest BCUT2D eigenvalue weighted by Gasteiger charge is 2.23. The first-order chi connectivity index (χ1) is 14.4. The number of nitrogens with one attached hydrogen (secondary N) is 1. The normalized spacial score (nSPS) is 13.8. The van der Waals surface area contributed by atoms with Crippen LogP contribution in [0.3, 0.4) is 0 Å². The lowest BCUT2D eigenvalue weighted by atomic mass is 10.1. The summed E-state index contributed by atoms with van der Waals surface area (Å²) in [5, 5.41) is 11.1. The second kappa shape index (κ2) is 8.07. The van der Waals surface area contributed by atoms with Crippen LogP contribution in [0.2, 0.25) is 5.15 Å². The quantitative estimate of drug-likeness (QED) is 0.484. The van der Waals surface area contributed by atoms with E-state index in [1.54, 1.807) is 44.4 Å². The van der Waals surface area contributed by atoms with Crippen LogP contribution in [-0.2, 0) is 27.8 Å². The summed E-state index contributed by atoms with van der Waals surface area (Å²) in [5.74, 6) is -0.440. The molecule has 10 nitrogen and oxygen atoms in total. The van der Waals surface area contributed by atoms with E-state index in [1.807, 2.05) is 0 Å². The summed E-state index contributed by atoms with van der Waals surface area (Å²) < 4.78 is 12.4. The van der Waals surface area contributed by atoms with Crippen LogP contribution in [0.1, 0.15) is 24.3 Å². The van der Waals surface area contributed by atoms with E-state index in [4.69, 9.17) is 21.1 Å². The summed E-state index contributed by atoms with van der Waals surface area (Å²) in [5.41, 5.74) is 2.50. The van der Waals surface area contributed by atoms with Gasteiger partial charge in [-0.1, -0.05) is 22.9 Å². The number of rotatable bonds is 5. The van der Waals surface area contributed by atoms with Crippen molar-refractivity contribution in [3.63, 3.8) is 0 Å². The van der Waals surface area contributed by atoms with E-state index in [0.29, 0.717) is 28.3 Å². The summed E-state index contributed by atoms with van der Waals surface area (Å²) in [6.45, 7) is 1.61. The van der Waals surface area contributed by atoms with Crippen LogP contribution in [0.15, 0.2) is 30.5 Å². The lowest BCUT2D eigenvalue weighted by Gasteiger charge is -2.17. The van der Waals surface area contributed by atoms with Crippen molar-refractivity contribution in [2.45, 2.75) is 19.4 Å². The van der Waals surface area contributed by atoms with Gasteiger partial charge < -0.3 is 14.8 Å². The van der Waals surface area contributed by atoms with Gasteiger partial charge in [-0.2, -0.15) is 0 Å². The van der Waals surface area contributed by atoms with E-state index in [9.17, 15) is 9.59 Å². The number of ether oxygens (including phenoxy) is 2. The average Bonchev–Trinajstić information content (AvgIpc) is 3.08. The highest BCUT2D eigenvalue weighted by Crippen LogP contribution is 2.30. The molecule has 0 unspecified atom stereocenters. The van der Waals surface area contributed by atoms with E-state index < -0.39 is 12.1 Å². The topological polar surface area (TPSA) is 121 Å². The Kier molecular flexibility index (Phi) is 5.32. The van der Waals surface area contributed by atoms with Gasteiger partial charge in [0.25, 0.3) is 5.91 Å². The number of fused-ring (bicyclic) bond motifs is 1. The van der Waals surface area contributed by atoms with Gasteiger partial charge in [0.05, 0.1) is 17.8 Å². The van der Waals surface area contributed by atoms with E-state index in [-0.39, 0.29) is 30.0 Å². The molecule has 1 aliphatic rings. The predicted molar refractivity (Wildman–Crippen MR) is 106 cm³/mol. The Morgan fingerprint density at radius 2 is 2.23 bits per heavy atom. The largest absolute Gasteiger partial charge is 0.466 e. The molecule has 0 fully saturated rings. The molecule has 0 aromatic carbocycles. The number of carbonyl (C=O) groups is 2. The molecule has 0 aliphatic carbocycles. The molecule has 3 aromatic rings. The Morgan fingerprint density at radius 3 is 3.03 bits per heavy atom. The molecule has 11 heteroatoms. The number of pyridine rings is 2. The van der Waals surface area contributed by atoms with Crippen LogP contribution in [0.4, 0.5) is 5.69 Å². The number of amides is 1. The second-order valence-electron chi connectivity index (χ2n) is 6.59. The summed E-state index contributed by atoms with van der Waals surface area (Å²) in [6, 6.07) is 6.81. The molecule has 0 radical (unpaired) electrons. The molecule has 1 amide bonds. The van der Waals surface area contributed by atoms with E-state index >= 15 is 0 Å². The first kappa shape index (κ1) is 19.8. The van der Waals surface area contributed by atoms with Gasteiger partial charge in [-0.3, -0.25) is 14.3 Å². The maximum Gasteiger partial charge on any atom is 0.312 e. The van der Waals surface area contributed by atoms with Gasteiger partial charge in [-0.05, 0) is 25.1 Å². The number of esters is 1. The molecule has 1 aliphatic heterocycles. The maximum absolute atomic E-state index is 12.6. The van der Waals surface area contributed by atoms with E-state index in [2.05, 4.69) is 25.6 Å². The molecule has 0 spiro atoms. The molecule has 0 bridgehead atoms. The fourth-order valence-corrected chi connectivity index (χ4v) is 3.29. The van der Waals surface area contributed by atoms with Gasteiger partial charge >= 0.3 is 5.97 Å². The Labute approximate surface area is 176 Å². The zero-order valence-electron chi connectivity index (χ0n) is 16.1. The first-order valence-corrected chi connectivity index (χ1v) is 9.42. The van der Waals surface area contributed by atoms with Crippen LogP contribution >= 0.6 is 11.6 Å². The van der Waals surface area contributed by atoms with Gasteiger partial charge in [0.2, 0.25) is 5.88 Å². The maximum atomic E-state index is 12.6. The molecular formula is C19H17ClN6O4. The average molecular weight is 429 g/mol. The van der Waals surface area contributed by atoms with Crippen molar-refractivity contribution in [2.24, 2.45) is 7.05 Å². The van der Waals surface area contributed by atoms with Crippen molar-refractivity contribution >= 4 is 29.2 Å². The molecule has 154 valence electrons. The zero-order valence-corrected chi connectivity index (χ0v) is 16.9. The Hall–Kier alpha value is -3.53. The van der Waals surface area contributed by atoms with Crippen molar-refractivity contribution in [3.8, 4) is 17.3 Å². The molecule has 1 atom stereocenters. The van der Waals surface area contributed by atoms with Crippen LogP contribution in [0, 0.1) is 0 Å². The smallest absolute Gasteiger partial charge is 0.312 e. The highest BCUT2D eigenvalue weighted by molar-refractivity contribution is 6.30. The number of halogens is 1. The fraction of sp³-hybridized carbons (Fsp3) is 0.263. The Morgan fingerprint density at radius 1 is 1.40 bits per heavy atom. The third-order valence-electron chi connectivity index (χ3n) is 4.51.